The van der Waals surface area contributed by atoms with Crippen LogP contribution in [-0.2, 0) is 0 Å². The Bertz CT molecular complexity index is 59.1. The van der Waals surface area contributed by atoms with Crippen molar-refractivity contribution in [2.24, 2.45) is 0 Å². The molecule has 0 spiro atoms. The number of hydrogen-bond acceptors (Lipinski definition) is 2. The van der Waals surface area contributed by atoms with E-state index in [0.29, 0.717) is 0 Å². The molecule has 0 aliphatic carbocycles. The first-order valence-corrected chi connectivity index (χ1v) is 2.68. The SMILES string of the molecule is C/C=C\CN(C)S. The monoisotopic (exact) mass is 117 g/mol. The van der Waals surface area contributed by atoms with Crippen molar-refractivity contribution in [1.29, 1.82) is 0 Å². The van der Waals surface area contributed by atoms with Gasteiger partial charge in [0.15, 0.2) is 0 Å². The highest BCUT2D eigenvalue weighted by molar-refractivity contribution is 7.77. The normalized spacial score (nSPS) is 11.4. The third kappa shape index (κ3) is 6.05. The van der Waals surface area contributed by atoms with Crippen LogP contribution >= 0.6 is 12.8 Å². The van der Waals surface area contributed by atoms with Gasteiger partial charge in [0.25, 0.3) is 0 Å². The van der Waals surface area contributed by atoms with E-state index < -0.39 is 0 Å². The van der Waals surface area contributed by atoms with E-state index in [1.54, 1.807) is 0 Å². The lowest BCUT2D eigenvalue weighted by atomic mass is 10.5. The van der Waals surface area contributed by atoms with Gasteiger partial charge in [-0.2, -0.15) is 0 Å². The van der Waals surface area contributed by atoms with Gasteiger partial charge in [-0.15, -0.1) is 0 Å². The fourth-order valence-corrected chi connectivity index (χ4v) is 0.352. The van der Waals surface area contributed by atoms with E-state index in [9.17, 15) is 0 Å². The van der Waals surface area contributed by atoms with E-state index in [0.717, 1.165) is 6.54 Å². The molecule has 0 unspecified atom stereocenters. The molecule has 0 N–H and O–H groups in total. The van der Waals surface area contributed by atoms with Crippen molar-refractivity contribution in [2.45, 2.75) is 6.92 Å². The molecule has 7 heavy (non-hydrogen) atoms. The predicted octanol–water partition coefficient (Wildman–Crippen LogP) is 1.34. The summed E-state index contributed by atoms with van der Waals surface area (Å²) in [6.45, 7) is 2.91. The second kappa shape index (κ2) is 4.22. The Hall–Kier alpha value is 0.0500. The third-order valence-electron chi connectivity index (χ3n) is 0.605. The minimum Gasteiger partial charge on any atom is -0.253 e. The zero-order valence-corrected chi connectivity index (χ0v) is 5.65. The lowest BCUT2D eigenvalue weighted by Gasteiger charge is -2.00. The summed E-state index contributed by atoms with van der Waals surface area (Å²) < 4.78 is 1.82. The van der Waals surface area contributed by atoms with Gasteiger partial charge < -0.3 is 0 Å². The van der Waals surface area contributed by atoms with Crippen LogP contribution in [0.15, 0.2) is 12.2 Å². The molecule has 1 nitrogen and oxygen atoms in total. The molecule has 0 bridgehead atoms. The van der Waals surface area contributed by atoms with Crippen molar-refractivity contribution >= 4 is 12.8 Å². The van der Waals surface area contributed by atoms with Crippen LogP contribution in [0.5, 0.6) is 0 Å². The molecule has 0 amide bonds. The van der Waals surface area contributed by atoms with E-state index in [1.165, 1.54) is 0 Å². The minimum absolute atomic E-state index is 0.916. The first-order valence-electron chi connectivity index (χ1n) is 2.28. The largest absolute Gasteiger partial charge is 0.253 e. The summed E-state index contributed by atoms with van der Waals surface area (Å²) in [4.78, 5) is 0. The molecular formula is C5H11NS. The van der Waals surface area contributed by atoms with Crippen molar-refractivity contribution in [1.82, 2.24) is 4.31 Å². The Morgan fingerprint density at radius 1 is 1.71 bits per heavy atom. The number of nitrogens with zero attached hydrogens (tertiary/aromatic N) is 1. The van der Waals surface area contributed by atoms with Gasteiger partial charge in [0.1, 0.15) is 0 Å². The first-order chi connectivity index (χ1) is 3.27. The summed E-state index contributed by atoms with van der Waals surface area (Å²) in [5.41, 5.74) is 0. The molecule has 0 saturated heterocycles. The van der Waals surface area contributed by atoms with Crippen LogP contribution < -0.4 is 0 Å². The summed E-state index contributed by atoms with van der Waals surface area (Å²) in [5.74, 6) is 0. The van der Waals surface area contributed by atoms with Crippen LogP contribution in [0.1, 0.15) is 6.92 Å². The van der Waals surface area contributed by atoms with Crippen molar-refractivity contribution < 1.29 is 0 Å². The molecule has 0 aliphatic heterocycles. The maximum atomic E-state index is 4.01. The standard InChI is InChI=1S/C5H11NS/c1-3-4-5-6(2)7/h3-4,7H,5H2,1-2H3/b4-3-. The number of rotatable bonds is 2. The summed E-state index contributed by atoms with van der Waals surface area (Å²) in [6, 6.07) is 0. The van der Waals surface area contributed by atoms with Crippen molar-refractivity contribution in [3.05, 3.63) is 12.2 Å². The molecule has 0 aromatic rings. The van der Waals surface area contributed by atoms with Gasteiger partial charge in [-0.3, -0.25) is 4.31 Å². The van der Waals surface area contributed by atoms with Crippen molar-refractivity contribution in [3.8, 4) is 0 Å². The molecule has 0 radical (unpaired) electrons. The van der Waals surface area contributed by atoms with Gasteiger partial charge in [0.2, 0.25) is 0 Å². The van der Waals surface area contributed by atoms with Gasteiger partial charge in [0.05, 0.1) is 0 Å². The summed E-state index contributed by atoms with van der Waals surface area (Å²) in [6.07, 6.45) is 4.06. The molecule has 0 heterocycles. The summed E-state index contributed by atoms with van der Waals surface area (Å²) >= 11 is 4.01. The molecule has 42 valence electrons. The van der Waals surface area contributed by atoms with Crippen LogP contribution in [-0.4, -0.2) is 17.9 Å². The lowest BCUT2D eigenvalue weighted by Crippen LogP contribution is -2.02. The molecule has 0 aliphatic rings. The van der Waals surface area contributed by atoms with Gasteiger partial charge in [-0.25, -0.2) is 0 Å². The van der Waals surface area contributed by atoms with Crippen LogP contribution in [0.2, 0.25) is 0 Å². The lowest BCUT2D eigenvalue weighted by molar-refractivity contribution is 0.644. The first kappa shape index (κ1) is 7.05. The Morgan fingerprint density at radius 2 is 2.29 bits per heavy atom. The van der Waals surface area contributed by atoms with E-state index in [2.05, 4.69) is 12.8 Å². The van der Waals surface area contributed by atoms with Crippen LogP contribution in [0, 0.1) is 0 Å². The highest BCUT2D eigenvalue weighted by Gasteiger charge is 1.78. The van der Waals surface area contributed by atoms with Crippen LogP contribution in [0.4, 0.5) is 0 Å². The average Bonchev–Trinajstić information content (AvgIpc) is 1.61. The number of hydrogen-bond donors (Lipinski definition) is 1. The van der Waals surface area contributed by atoms with Crippen molar-refractivity contribution in [3.63, 3.8) is 0 Å². The zero-order chi connectivity index (χ0) is 5.70. The van der Waals surface area contributed by atoms with E-state index in [1.807, 2.05) is 30.4 Å². The van der Waals surface area contributed by atoms with Crippen LogP contribution in [0.25, 0.3) is 0 Å². The summed E-state index contributed by atoms with van der Waals surface area (Å²) in [7, 11) is 1.92. The Labute approximate surface area is 50.6 Å². The second-order valence-corrected chi connectivity index (χ2v) is 2.09. The van der Waals surface area contributed by atoms with Gasteiger partial charge in [0, 0.05) is 6.54 Å². The Balaban J connectivity index is 2.97. The number of likely N-dealkylation sites (N-methyl/N-ethyl adjacent to an activating group) is 1. The molecule has 0 saturated carbocycles. The molecular weight excluding hydrogens is 106 g/mol. The highest BCUT2D eigenvalue weighted by atomic mass is 32.1. The zero-order valence-electron chi connectivity index (χ0n) is 4.76. The van der Waals surface area contributed by atoms with E-state index in [4.69, 9.17) is 0 Å². The quantitative estimate of drug-likeness (QED) is 0.422. The van der Waals surface area contributed by atoms with Crippen molar-refractivity contribution in [2.75, 3.05) is 13.6 Å². The number of thiol groups is 1. The third-order valence-corrected chi connectivity index (χ3v) is 0.769. The average molecular weight is 117 g/mol. The second-order valence-electron chi connectivity index (χ2n) is 1.41. The smallest absolute Gasteiger partial charge is 0.0264 e. The topological polar surface area (TPSA) is 3.24 Å². The molecule has 0 atom stereocenters. The van der Waals surface area contributed by atoms with E-state index in [-0.39, 0.29) is 0 Å². The summed E-state index contributed by atoms with van der Waals surface area (Å²) in [5, 5.41) is 0. The van der Waals surface area contributed by atoms with E-state index >= 15 is 0 Å². The maximum Gasteiger partial charge on any atom is 0.0264 e. The Kier molecular flexibility index (Phi) is 4.25. The molecule has 2 heteroatoms. The predicted molar refractivity (Wildman–Crippen MR) is 36.4 cm³/mol. The fourth-order valence-electron chi connectivity index (χ4n) is 0.258. The maximum absolute atomic E-state index is 4.01. The van der Waals surface area contributed by atoms with Gasteiger partial charge in [-0.1, -0.05) is 25.0 Å². The molecule has 0 aromatic carbocycles. The Morgan fingerprint density at radius 3 is 2.43 bits per heavy atom. The fraction of sp³-hybridized carbons (Fsp3) is 0.600. The van der Waals surface area contributed by atoms with Gasteiger partial charge >= 0.3 is 0 Å². The molecule has 0 fully saturated rings. The minimum atomic E-state index is 0.916. The number of allylic oxidation sites excluding steroid dienone is 1. The molecule has 0 rings (SSSR count). The highest BCUT2D eigenvalue weighted by Crippen LogP contribution is 1.84. The van der Waals surface area contributed by atoms with Crippen LogP contribution in [0.3, 0.4) is 0 Å². The molecule has 0 aromatic heterocycles. The van der Waals surface area contributed by atoms with Gasteiger partial charge in [-0.05, 0) is 14.0 Å².